The van der Waals surface area contributed by atoms with Crippen LogP contribution >= 0.6 is 0 Å². The smallest absolute Gasteiger partial charge is 0.309 e. The molecule has 6 heteroatoms. The monoisotopic (exact) mass is 722 g/mol. The maximum Gasteiger partial charge on any atom is 0.309 e. The van der Waals surface area contributed by atoms with Crippen molar-refractivity contribution < 1.29 is 19.3 Å². The SMILES string of the molecule is CCC1(CC)C(/C=C/C=C/C=C/C=C2/N(CCC(=O)NC)c3ccc4cc(C)ccc4c3C2(CC)CC)=[N+](CCC(=O)O)c2ccc3cc(C)ccc3c21. The lowest BCUT2D eigenvalue weighted by Gasteiger charge is -2.32. The predicted octanol–water partition coefficient (Wildman–Crippen LogP) is 10.5. The van der Waals surface area contributed by atoms with Gasteiger partial charge in [-0.3, -0.25) is 9.59 Å². The highest BCUT2D eigenvalue weighted by Crippen LogP contribution is 2.55. The molecule has 0 aromatic heterocycles. The van der Waals surface area contributed by atoms with E-state index in [2.05, 4.69) is 160 Å². The van der Waals surface area contributed by atoms with Gasteiger partial charge < -0.3 is 15.3 Å². The van der Waals surface area contributed by atoms with E-state index in [9.17, 15) is 14.7 Å². The van der Waals surface area contributed by atoms with Crippen LogP contribution in [0.4, 0.5) is 11.4 Å². The van der Waals surface area contributed by atoms with Crippen LogP contribution < -0.4 is 10.2 Å². The van der Waals surface area contributed by atoms with Gasteiger partial charge in [-0.15, -0.1) is 0 Å². The van der Waals surface area contributed by atoms with E-state index in [-0.39, 0.29) is 23.2 Å². The molecule has 0 saturated heterocycles. The lowest BCUT2D eigenvalue weighted by atomic mass is 9.71. The van der Waals surface area contributed by atoms with Crippen LogP contribution in [0, 0.1) is 13.8 Å². The highest BCUT2D eigenvalue weighted by molar-refractivity contribution is 6.08. The largest absolute Gasteiger partial charge is 0.481 e. The predicted molar refractivity (Wildman–Crippen MR) is 225 cm³/mol. The standard InChI is InChI=1S/C48H55N3O3/c1-8-47(9-2)41(50(29-27-43(52)49-7)39-25-21-35-31-33(5)19-23-37(35)45(39)47)17-15-13-12-14-16-18-42-48(10-3,11-4)46-38-24-20-34(6)32-36(38)22-26-40(46)51(42)30-28-44(53)54/h12-26,31-32H,8-11,27-30H2,1-7H3,(H-,49,52,53,54)/p+1. The van der Waals surface area contributed by atoms with Gasteiger partial charge in [0, 0.05) is 54.5 Å². The summed E-state index contributed by atoms with van der Waals surface area (Å²) in [5.74, 6) is -0.761. The number of carbonyl (C=O) groups excluding carboxylic acids is 1. The number of carbonyl (C=O) groups is 2. The Morgan fingerprint density at radius 1 is 0.741 bits per heavy atom. The molecule has 54 heavy (non-hydrogen) atoms. The minimum absolute atomic E-state index is 0.0336. The fraction of sp³-hybridized carbons (Fsp3) is 0.354. The summed E-state index contributed by atoms with van der Waals surface area (Å²) in [4.78, 5) is 26.6. The summed E-state index contributed by atoms with van der Waals surface area (Å²) in [5.41, 5.74) is 9.43. The van der Waals surface area contributed by atoms with E-state index in [1.807, 2.05) is 0 Å². The molecule has 2 aliphatic rings. The van der Waals surface area contributed by atoms with Gasteiger partial charge in [0.25, 0.3) is 0 Å². The molecule has 6 nitrogen and oxygen atoms in total. The second-order valence-electron chi connectivity index (χ2n) is 14.9. The number of aliphatic carboxylic acids is 1. The van der Waals surface area contributed by atoms with Gasteiger partial charge in [-0.05, 0) is 84.8 Å². The van der Waals surface area contributed by atoms with Gasteiger partial charge in [-0.1, -0.05) is 112 Å². The van der Waals surface area contributed by atoms with Crippen LogP contribution in [-0.4, -0.2) is 47.4 Å². The number of allylic oxidation sites excluding steroid dienone is 8. The fourth-order valence-electron chi connectivity index (χ4n) is 9.31. The molecule has 280 valence electrons. The number of carboxylic acids is 1. The first-order valence-electron chi connectivity index (χ1n) is 19.7. The van der Waals surface area contributed by atoms with E-state index in [0.717, 1.165) is 37.1 Å². The Bertz CT molecular complexity index is 2240. The zero-order valence-electron chi connectivity index (χ0n) is 33.1. The first kappa shape index (κ1) is 38.5. The van der Waals surface area contributed by atoms with Crippen molar-refractivity contribution in [3.05, 3.63) is 131 Å². The first-order valence-corrected chi connectivity index (χ1v) is 19.7. The molecule has 0 atom stereocenters. The summed E-state index contributed by atoms with van der Waals surface area (Å²) >= 11 is 0. The molecular formula is C48H56N3O3+. The normalized spacial score (nSPS) is 16.9. The maximum absolute atomic E-state index is 12.5. The summed E-state index contributed by atoms with van der Waals surface area (Å²) in [6, 6.07) is 22.2. The minimum atomic E-state index is -0.794. The Balaban J connectivity index is 1.35. The summed E-state index contributed by atoms with van der Waals surface area (Å²) in [6.07, 6.45) is 19.0. The van der Waals surface area contributed by atoms with Crippen LogP contribution in [0.25, 0.3) is 21.5 Å². The van der Waals surface area contributed by atoms with Crippen molar-refractivity contribution in [3.8, 4) is 0 Å². The average molecular weight is 723 g/mol. The van der Waals surface area contributed by atoms with Crippen molar-refractivity contribution in [1.29, 1.82) is 0 Å². The van der Waals surface area contributed by atoms with Crippen LogP contribution in [-0.2, 0) is 20.4 Å². The second-order valence-corrected chi connectivity index (χ2v) is 14.9. The van der Waals surface area contributed by atoms with Crippen LogP contribution in [0.3, 0.4) is 0 Å². The Labute approximate surface area is 321 Å². The summed E-state index contributed by atoms with van der Waals surface area (Å²) in [6.45, 7) is 14.3. The number of carboxylic acid groups (broad SMARTS) is 1. The number of nitrogens with one attached hydrogen (secondary N) is 1. The molecule has 6 rings (SSSR count). The lowest BCUT2D eigenvalue weighted by Crippen LogP contribution is -2.33. The zero-order chi connectivity index (χ0) is 38.6. The Morgan fingerprint density at radius 3 is 1.94 bits per heavy atom. The van der Waals surface area contributed by atoms with Crippen molar-refractivity contribution in [2.24, 2.45) is 0 Å². The zero-order valence-corrected chi connectivity index (χ0v) is 33.1. The molecule has 0 bridgehead atoms. The van der Waals surface area contributed by atoms with Gasteiger partial charge in [0.2, 0.25) is 11.6 Å². The third kappa shape index (κ3) is 6.72. The molecule has 0 spiro atoms. The maximum atomic E-state index is 12.5. The number of nitrogens with zero attached hydrogens (tertiary/aromatic N) is 2. The van der Waals surface area contributed by atoms with E-state index in [4.69, 9.17) is 0 Å². The second kappa shape index (κ2) is 16.0. The number of hydrogen-bond donors (Lipinski definition) is 2. The molecule has 0 aliphatic carbocycles. The van der Waals surface area contributed by atoms with Crippen molar-refractivity contribution in [2.45, 2.75) is 90.9 Å². The molecule has 2 N–H and O–H groups in total. The summed E-state index contributed by atoms with van der Waals surface area (Å²) < 4.78 is 2.24. The first-order chi connectivity index (χ1) is 26.1. The van der Waals surface area contributed by atoms with Crippen molar-refractivity contribution >= 4 is 50.5 Å². The van der Waals surface area contributed by atoms with E-state index in [0.29, 0.717) is 19.5 Å². The molecule has 2 heterocycles. The summed E-state index contributed by atoms with van der Waals surface area (Å²) in [7, 11) is 1.70. The Kier molecular flexibility index (Phi) is 11.4. The molecule has 0 radical (unpaired) electrons. The quantitative estimate of drug-likeness (QED) is 0.100. The number of fused-ring (bicyclic) bond motifs is 6. The van der Waals surface area contributed by atoms with Gasteiger partial charge in [-0.25, -0.2) is 0 Å². The van der Waals surface area contributed by atoms with Gasteiger partial charge in [0.15, 0.2) is 12.3 Å². The number of benzene rings is 4. The molecule has 4 aromatic rings. The highest BCUT2D eigenvalue weighted by atomic mass is 16.4. The topological polar surface area (TPSA) is 72.7 Å². The third-order valence-electron chi connectivity index (χ3n) is 12.2. The Morgan fingerprint density at radius 2 is 1.33 bits per heavy atom. The van der Waals surface area contributed by atoms with Crippen molar-refractivity contribution in [1.82, 2.24) is 5.32 Å². The third-order valence-corrected chi connectivity index (χ3v) is 12.2. The number of hydrogen-bond acceptors (Lipinski definition) is 3. The van der Waals surface area contributed by atoms with Crippen molar-refractivity contribution in [2.75, 3.05) is 25.0 Å². The van der Waals surface area contributed by atoms with Gasteiger partial charge in [-0.2, -0.15) is 4.58 Å². The van der Waals surface area contributed by atoms with E-state index >= 15 is 0 Å². The molecule has 0 saturated carbocycles. The average Bonchev–Trinajstić information content (AvgIpc) is 3.61. The molecule has 1 amide bonds. The van der Waals surface area contributed by atoms with Crippen LogP contribution in [0.15, 0.2) is 109 Å². The number of amides is 1. The molecule has 0 fully saturated rings. The molecule has 4 aromatic carbocycles. The molecular weight excluding hydrogens is 667 g/mol. The highest BCUT2D eigenvalue weighted by Gasteiger charge is 2.50. The molecule has 0 unspecified atom stereocenters. The Hall–Kier alpha value is -5.23. The lowest BCUT2D eigenvalue weighted by molar-refractivity contribution is -0.436. The number of rotatable bonds is 14. The van der Waals surface area contributed by atoms with E-state index < -0.39 is 5.97 Å². The van der Waals surface area contributed by atoms with Crippen LogP contribution in [0.5, 0.6) is 0 Å². The number of anilines is 1. The summed E-state index contributed by atoms with van der Waals surface area (Å²) in [5, 5.41) is 17.5. The fourth-order valence-corrected chi connectivity index (χ4v) is 9.31. The van der Waals surface area contributed by atoms with Crippen LogP contribution in [0.2, 0.25) is 0 Å². The van der Waals surface area contributed by atoms with Crippen molar-refractivity contribution in [3.63, 3.8) is 0 Å². The number of aryl methyl sites for hydroxylation is 2. The molecule has 2 aliphatic heterocycles. The van der Waals surface area contributed by atoms with E-state index in [1.54, 1.807) is 7.05 Å². The van der Waals surface area contributed by atoms with Crippen LogP contribution in [0.1, 0.15) is 88.5 Å². The van der Waals surface area contributed by atoms with E-state index in [1.165, 1.54) is 55.2 Å². The minimum Gasteiger partial charge on any atom is -0.481 e. The van der Waals surface area contributed by atoms with Gasteiger partial charge in [0.1, 0.15) is 6.42 Å². The van der Waals surface area contributed by atoms with Gasteiger partial charge >= 0.3 is 5.97 Å². The van der Waals surface area contributed by atoms with Gasteiger partial charge in [0.05, 0.1) is 5.41 Å².